The van der Waals surface area contributed by atoms with Crippen molar-refractivity contribution in [3.05, 3.63) is 72.0 Å². The highest BCUT2D eigenvalue weighted by molar-refractivity contribution is 5.97. The minimum atomic E-state index is -0.567. The normalized spacial score (nSPS) is 17.2. The van der Waals surface area contributed by atoms with E-state index in [1.54, 1.807) is 6.92 Å². The van der Waals surface area contributed by atoms with Crippen molar-refractivity contribution in [1.82, 2.24) is 10.6 Å². The number of hydrogen-bond acceptors (Lipinski definition) is 3. The summed E-state index contributed by atoms with van der Waals surface area (Å²) < 4.78 is 5.19. The predicted molar refractivity (Wildman–Crippen MR) is 92.2 cm³/mol. The van der Waals surface area contributed by atoms with Crippen molar-refractivity contribution in [3.8, 4) is 0 Å². The van der Waals surface area contributed by atoms with Crippen LogP contribution in [0.15, 0.2) is 66.4 Å². The number of esters is 1. The molecule has 0 aromatic heterocycles. The first-order valence-electron chi connectivity index (χ1n) is 7.65. The molecule has 0 bridgehead atoms. The summed E-state index contributed by atoms with van der Waals surface area (Å²) in [6, 6.07) is 12.8. The van der Waals surface area contributed by atoms with Gasteiger partial charge in [0.25, 0.3) is 0 Å². The Morgan fingerprint density at radius 1 is 1.25 bits per heavy atom. The number of fused-ring (bicyclic) bond motifs is 1. The highest BCUT2D eigenvalue weighted by Crippen LogP contribution is 2.32. The average molecular weight is 322 g/mol. The van der Waals surface area contributed by atoms with Crippen LogP contribution in [0.2, 0.25) is 0 Å². The third kappa shape index (κ3) is 2.88. The zero-order valence-electron chi connectivity index (χ0n) is 13.3. The molecule has 0 spiro atoms. The number of benzene rings is 2. The quantitative estimate of drug-likeness (QED) is 0.671. The Kier molecular flexibility index (Phi) is 4.33. The molecular formula is C19H18N2O3. The molecule has 3 rings (SSSR count). The van der Waals surface area contributed by atoms with E-state index in [9.17, 15) is 9.59 Å². The Hall–Kier alpha value is -3.08. The lowest BCUT2D eigenvalue weighted by Gasteiger charge is -2.28. The molecular weight excluding hydrogens is 304 g/mol. The topological polar surface area (TPSA) is 67.4 Å². The van der Waals surface area contributed by atoms with Crippen LogP contribution < -0.4 is 10.6 Å². The summed E-state index contributed by atoms with van der Waals surface area (Å²) >= 11 is 0. The van der Waals surface area contributed by atoms with Crippen LogP contribution in [0.4, 0.5) is 4.79 Å². The van der Waals surface area contributed by atoms with E-state index in [2.05, 4.69) is 17.2 Å². The van der Waals surface area contributed by atoms with Crippen molar-refractivity contribution < 1.29 is 14.3 Å². The van der Waals surface area contributed by atoms with Crippen LogP contribution in [0, 0.1) is 0 Å². The van der Waals surface area contributed by atoms with Gasteiger partial charge in [-0.05, 0) is 23.3 Å². The number of rotatable bonds is 4. The van der Waals surface area contributed by atoms with E-state index in [0.717, 1.165) is 16.3 Å². The molecule has 0 saturated heterocycles. The van der Waals surface area contributed by atoms with Crippen LogP contribution in [-0.2, 0) is 9.53 Å². The molecule has 1 heterocycles. The highest BCUT2D eigenvalue weighted by atomic mass is 16.5. The standard InChI is InChI=1S/C19H18N2O3/c1-3-11-24-18(22)16-12(2)20-19(23)21-17(16)15-10-6-8-13-7-4-5-9-14(13)15/h3-10,17H,1,11H2,2H3,(H2,20,21,23). The van der Waals surface area contributed by atoms with Gasteiger partial charge in [-0.1, -0.05) is 55.1 Å². The van der Waals surface area contributed by atoms with Gasteiger partial charge in [-0.3, -0.25) is 0 Å². The second-order valence-corrected chi connectivity index (χ2v) is 5.53. The molecule has 2 aromatic rings. The second-order valence-electron chi connectivity index (χ2n) is 5.53. The van der Waals surface area contributed by atoms with Gasteiger partial charge >= 0.3 is 12.0 Å². The molecule has 122 valence electrons. The molecule has 0 saturated carbocycles. The van der Waals surface area contributed by atoms with Crippen molar-refractivity contribution in [2.75, 3.05) is 6.61 Å². The zero-order chi connectivity index (χ0) is 17.1. The molecule has 0 fully saturated rings. The van der Waals surface area contributed by atoms with Crippen molar-refractivity contribution in [3.63, 3.8) is 0 Å². The van der Waals surface area contributed by atoms with Crippen LogP contribution in [0.5, 0.6) is 0 Å². The summed E-state index contributed by atoms with van der Waals surface area (Å²) in [6.07, 6.45) is 1.51. The highest BCUT2D eigenvalue weighted by Gasteiger charge is 2.32. The number of hydrogen-bond donors (Lipinski definition) is 2. The molecule has 0 radical (unpaired) electrons. The van der Waals surface area contributed by atoms with Crippen molar-refractivity contribution in [2.24, 2.45) is 0 Å². The van der Waals surface area contributed by atoms with Crippen LogP contribution in [0.25, 0.3) is 10.8 Å². The van der Waals surface area contributed by atoms with Crippen LogP contribution >= 0.6 is 0 Å². The van der Waals surface area contributed by atoms with E-state index in [1.807, 2.05) is 42.5 Å². The van der Waals surface area contributed by atoms with E-state index < -0.39 is 12.0 Å². The molecule has 5 nitrogen and oxygen atoms in total. The molecule has 1 atom stereocenters. The fraction of sp³-hybridized carbons (Fsp3) is 0.158. The first-order valence-corrected chi connectivity index (χ1v) is 7.65. The number of ether oxygens (including phenoxy) is 1. The van der Waals surface area contributed by atoms with Gasteiger partial charge in [0, 0.05) is 5.70 Å². The predicted octanol–water partition coefficient (Wildman–Crippen LogP) is 3.20. The van der Waals surface area contributed by atoms with E-state index in [4.69, 9.17) is 4.74 Å². The molecule has 1 aliphatic rings. The SMILES string of the molecule is C=CCOC(=O)C1=C(C)NC(=O)NC1c1cccc2ccccc12. The lowest BCUT2D eigenvalue weighted by molar-refractivity contribution is -0.138. The van der Waals surface area contributed by atoms with Gasteiger partial charge in [0.05, 0.1) is 11.6 Å². The van der Waals surface area contributed by atoms with Crippen molar-refractivity contribution >= 4 is 22.8 Å². The minimum Gasteiger partial charge on any atom is -0.458 e. The van der Waals surface area contributed by atoms with E-state index >= 15 is 0 Å². The third-order valence-electron chi connectivity index (χ3n) is 3.96. The molecule has 2 aromatic carbocycles. The molecule has 0 aliphatic carbocycles. The van der Waals surface area contributed by atoms with Gasteiger partial charge in [-0.2, -0.15) is 0 Å². The molecule has 2 amide bonds. The smallest absolute Gasteiger partial charge is 0.338 e. The number of urea groups is 1. The second kappa shape index (κ2) is 6.58. The lowest BCUT2D eigenvalue weighted by Crippen LogP contribution is -2.45. The van der Waals surface area contributed by atoms with Gasteiger partial charge in [0.2, 0.25) is 0 Å². The van der Waals surface area contributed by atoms with Gasteiger partial charge < -0.3 is 15.4 Å². The van der Waals surface area contributed by atoms with E-state index in [1.165, 1.54) is 6.08 Å². The Morgan fingerprint density at radius 2 is 2.00 bits per heavy atom. The van der Waals surface area contributed by atoms with E-state index in [0.29, 0.717) is 11.3 Å². The third-order valence-corrected chi connectivity index (χ3v) is 3.96. The summed E-state index contributed by atoms with van der Waals surface area (Å²) in [5, 5.41) is 7.49. The van der Waals surface area contributed by atoms with Crippen molar-refractivity contribution in [1.29, 1.82) is 0 Å². The lowest BCUT2D eigenvalue weighted by atomic mass is 9.91. The number of allylic oxidation sites excluding steroid dienone is 1. The largest absolute Gasteiger partial charge is 0.458 e. The molecule has 1 unspecified atom stereocenters. The Labute approximate surface area is 140 Å². The molecule has 2 N–H and O–H groups in total. The van der Waals surface area contributed by atoms with Gasteiger partial charge in [-0.15, -0.1) is 0 Å². The van der Waals surface area contributed by atoms with Crippen LogP contribution in [0.3, 0.4) is 0 Å². The first kappa shape index (κ1) is 15.8. The van der Waals surface area contributed by atoms with Gasteiger partial charge in [0.15, 0.2) is 0 Å². The summed E-state index contributed by atoms with van der Waals surface area (Å²) in [7, 11) is 0. The number of carbonyl (C=O) groups is 2. The summed E-state index contributed by atoms with van der Waals surface area (Å²) in [5.41, 5.74) is 1.74. The van der Waals surface area contributed by atoms with E-state index in [-0.39, 0.29) is 12.6 Å². The zero-order valence-corrected chi connectivity index (χ0v) is 13.3. The van der Waals surface area contributed by atoms with Crippen LogP contribution in [-0.4, -0.2) is 18.6 Å². The molecule has 24 heavy (non-hydrogen) atoms. The van der Waals surface area contributed by atoms with Gasteiger partial charge in [-0.25, -0.2) is 9.59 Å². The maximum Gasteiger partial charge on any atom is 0.338 e. The number of nitrogens with one attached hydrogen (secondary N) is 2. The fourth-order valence-electron chi connectivity index (χ4n) is 2.91. The monoisotopic (exact) mass is 322 g/mol. The molecule has 1 aliphatic heterocycles. The number of amides is 2. The maximum atomic E-state index is 12.5. The summed E-state index contributed by atoms with van der Waals surface area (Å²) in [4.78, 5) is 24.4. The van der Waals surface area contributed by atoms with Crippen molar-refractivity contribution in [2.45, 2.75) is 13.0 Å². The average Bonchev–Trinajstić information content (AvgIpc) is 2.58. The maximum absolute atomic E-state index is 12.5. The minimum absolute atomic E-state index is 0.117. The van der Waals surface area contributed by atoms with Crippen LogP contribution in [0.1, 0.15) is 18.5 Å². The Balaban J connectivity index is 2.11. The summed E-state index contributed by atoms with van der Waals surface area (Å²) in [5.74, 6) is -0.474. The fourth-order valence-corrected chi connectivity index (χ4v) is 2.91. The van der Waals surface area contributed by atoms with Gasteiger partial charge in [0.1, 0.15) is 6.61 Å². The summed E-state index contributed by atoms with van der Waals surface area (Å²) in [6.45, 7) is 5.36. The Morgan fingerprint density at radius 3 is 2.79 bits per heavy atom. The Bertz CT molecular complexity index is 849. The number of carbonyl (C=O) groups excluding carboxylic acids is 2. The first-order chi connectivity index (χ1) is 11.6. The molecule has 5 heteroatoms.